The third-order valence-corrected chi connectivity index (χ3v) is 7.05. The molecule has 2 atom stereocenters. The standard InChI is InChI=1S/C28H31N5OS/c1-20-18-24(21(2)33(20)19-23-12-8-17-34-23)27-26(25-13-6-7-14-30-25)31-28(35)32(27)16-9-15-29-22-10-4-3-5-11-22/h3-8,10-14,17-18,26-27,29H,9,15-16,19H2,1-2H3,(H,31,35)/t26-,27-/m1/s1. The number of thiocarbonyl (C=S) groups is 1. The highest BCUT2D eigenvalue weighted by Gasteiger charge is 2.41. The zero-order chi connectivity index (χ0) is 24.2. The van der Waals surface area contributed by atoms with Gasteiger partial charge in [0.05, 0.1) is 30.6 Å². The summed E-state index contributed by atoms with van der Waals surface area (Å²) >= 11 is 5.86. The van der Waals surface area contributed by atoms with Gasteiger partial charge < -0.3 is 24.5 Å². The highest BCUT2D eigenvalue weighted by molar-refractivity contribution is 7.80. The lowest BCUT2D eigenvalue weighted by atomic mass is 9.96. The van der Waals surface area contributed by atoms with Crippen LogP contribution >= 0.6 is 12.2 Å². The number of furan rings is 1. The van der Waals surface area contributed by atoms with Crippen LogP contribution in [0.25, 0.3) is 0 Å². The van der Waals surface area contributed by atoms with E-state index in [4.69, 9.17) is 16.6 Å². The van der Waals surface area contributed by atoms with Gasteiger partial charge in [-0.3, -0.25) is 4.98 Å². The Morgan fingerprint density at radius 2 is 1.89 bits per heavy atom. The highest BCUT2D eigenvalue weighted by Crippen LogP contribution is 2.41. The minimum absolute atomic E-state index is 0.0108. The minimum Gasteiger partial charge on any atom is -0.467 e. The van der Waals surface area contributed by atoms with E-state index in [1.165, 1.54) is 17.0 Å². The van der Waals surface area contributed by atoms with Gasteiger partial charge in [0.2, 0.25) is 0 Å². The van der Waals surface area contributed by atoms with Crippen molar-refractivity contribution in [2.45, 2.75) is 38.9 Å². The number of hydrogen-bond donors (Lipinski definition) is 2. The van der Waals surface area contributed by atoms with Crippen LogP contribution < -0.4 is 10.6 Å². The molecule has 0 spiro atoms. The molecule has 5 rings (SSSR count). The van der Waals surface area contributed by atoms with Gasteiger partial charge in [-0.05, 0) is 80.5 Å². The lowest BCUT2D eigenvalue weighted by Crippen LogP contribution is -2.31. The van der Waals surface area contributed by atoms with E-state index in [1.54, 1.807) is 6.26 Å². The van der Waals surface area contributed by atoms with E-state index in [9.17, 15) is 0 Å². The van der Waals surface area contributed by atoms with Crippen molar-refractivity contribution in [3.05, 3.63) is 108 Å². The average Bonchev–Trinajstić information content (AvgIpc) is 3.58. The molecule has 35 heavy (non-hydrogen) atoms. The largest absolute Gasteiger partial charge is 0.467 e. The van der Waals surface area contributed by atoms with Gasteiger partial charge in [-0.1, -0.05) is 24.3 Å². The van der Waals surface area contributed by atoms with Gasteiger partial charge in [-0.2, -0.15) is 0 Å². The first-order chi connectivity index (χ1) is 17.1. The first-order valence-electron chi connectivity index (χ1n) is 12.1. The van der Waals surface area contributed by atoms with E-state index in [1.807, 2.05) is 48.7 Å². The Hall–Kier alpha value is -3.58. The monoisotopic (exact) mass is 485 g/mol. The molecule has 4 aromatic rings. The fourth-order valence-electron chi connectivity index (χ4n) is 4.95. The summed E-state index contributed by atoms with van der Waals surface area (Å²) in [6, 6.07) is 22.7. The van der Waals surface area contributed by atoms with Gasteiger partial charge in [0.1, 0.15) is 5.76 Å². The van der Waals surface area contributed by atoms with Gasteiger partial charge in [0.25, 0.3) is 0 Å². The topological polar surface area (TPSA) is 58.3 Å². The Morgan fingerprint density at radius 1 is 1.06 bits per heavy atom. The van der Waals surface area contributed by atoms with Crippen molar-refractivity contribution in [3.8, 4) is 0 Å². The molecule has 1 aliphatic heterocycles. The van der Waals surface area contributed by atoms with E-state index < -0.39 is 0 Å². The molecule has 1 aliphatic rings. The van der Waals surface area contributed by atoms with E-state index in [2.05, 4.69) is 63.2 Å². The smallest absolute Gasteiger partial charge is 0.170 e. The second-order valence-electron chi connectivity index (χ2n) is 8.96. The predicted molar refractivity (Wildman–Crippen MR) is 143 cm³/mol. The van der Waals surface area contributed by atoms with Crippen molar-refractivity contribution in [2.24, 2.45) is 0 Å². The number of aromatic nitrogens is 2. The second-order valence-corrected chi connectivity index (χ2v) is 9.35. The summed E-state index contributed by atoms with van der Waals surface area (Å²) in [6.45, 7) is 6.79. The first-order valence-corrected chi connectivity index (χ1v) is 12.5. The molecular formula is C28H31N5OS. The third kappa shape index (κ3) is 4.95. The number of nitrogens with one attached hydrogen (secondary N) is 2. The first kappa shape index (κ1) is 23.2. The molecule has 6 nitrogen and oxygen atoms in total. The molecule has 0 saturated carbocycles. The van der Waals surface area contributed by atoms with Gasteiger partial charge >= 0.3 is 0 Å². The number of anilines is 1. The van der Waals surface area contributed by atoms with Crippen LogP contribution in [-0.2, 0) is 6.54 Å². The molecule has 0 radical (unpaired) electrons. The number of benzene rings is 1. The van der Waals surface area contributed by atoms with Crippen LogP contribution in [0.1, 0.15) is 46.9 Å². The molecule has 0 aliphatic carbocycles. The number of para-hydroxylation sites is 1. The Morgan fingerprint density at radius 3 is 2.63 bits per heavy atom. The number of hydrogen-bond acceptors (Lipinski definition) is 4. The van der Waals surface area contributed by atoms with Gasteiger partial charge in [0, 0.05) is 36.4 Å². The molecule has 180 valence electrons. The molecule has 1 aromatic carbocycles. The predicted octanol–water partition coefficient (Wildman–Crippen LogP) is 5.62. The van der Waals surface area contributed by atoms with Crippen molar-refractivity contribution < 1.29 is 4.42 Å². The van der Waals surface area contributed by atoms with E-state index in [-0.39, 0.29) is 12.1 Å². The molecule has 3 aromatic heterocycles. The average molecular weight is 486 g/mol. The molecule has 0 unspecified atom stereocenters. The maximum atomic E-state index is 5.86. The molecule has 1 saturated heterocycles. The van der Waals surface area contributed by atoms with Crippen LogP contribution in [0.2, 0.25) is 0 Å². The molecule has 4 heterocycles. The van der Waals surface area contributed by atoms with Crippen LogP contribution in [0.5, 0.6) is 0 Å². The summed E-state index contributed by atoms with van der Waals surface area (Å²) in [7, 11) is 0. The SMILES string of the molecule is Cc1cc([C@@H]2[C@@H](c3ccccn3)NC(=S)N2CCCNc2ccccc2)c(C)n1Cc1ccco1. The van der Waals surface area contributed by atoms with Crippen molar-refractivity contribution in [1.29, 1.82) is 0 Å². The summed E-state index contributed by atoms with van der Waals surface area (Å²) in [4.78, 5) is 7.01. The summed E-state index contributed by atoms with van der Waals surface area (Å²) in [5.74, 6) is 0.948. The minimum atomic E-state index is -0.0108. The number of pyridine rings is 1. The van der Waals surface area contributed by atoms with Gasteiger partial charge in [-0.15, -0.1) is 0 Å². The molecule has 2 N–H and O–H groups in total. The molecular weight excluding hydrogens is 454 g/mol. The third-order valence-electron chi connectivity index (χ3n) is 6.70. The summed E-state index contributed by atoms with van der Waals surface area (Å²) < 4.78 is 7.95. The normalized spacial score (nSPS) is 17.5. The van der Waals surface area contributed by atoms with E-state index in [0.717, 1.165) is 41.8 Å². The van der Waals surface area contributed by atoms with Crippen molar-refractivity contribution in [3.63, 3.8) is 0 Å². The zero-order valence-electron chi connectivity index (χ0n) is 20.1. The second kappa shape index (κ2) is 10.4. The van der Waals surface area contributed by atoms with Crippen molar-refractivity contribution in [1.82, 2.24) is 19.8 Å². The summed E-state index contributed by atoms with van der Waals surface area (Å²) in [5.41, 5.74) is 5.84. The summed E-state index contributed by atoms with van der Waals surface area (Å²) in [6.07, 6.45) is 4.54. The molecule has 1 fully saturated rings. The Labute approximate surface area is 212 Å². The lowest BCUT2D eigenvalue weighted by Gasteiger charge is -2.28. The summed E-state index contributed by atoms with van der Waals surface area (Å²) in [5, 5.41) is 7.87. The number of aryl methyl sites for hydroxylation is 1. The Kier molecular flexibility index (Phi) is 6.86. The van der Waals surface area contributed by atoms with Crippen LogP contribution in [-0.4, -0.2) is 32.7 Å². The van der Waals surface area contributed by atoms with Crippen LogP contribution in [0.3, 0.4) is 0 Å². The van der Waals surface area contributed by atoms with Crippen molar-refractivity contribution >= 4 is 23.0 Å². The molecule has 0 bridgehead atoms. The Balaban J connectivity index is 1.41. The van der Waals surface area contributed by atoms with Crippen molar-refractivity contribution in [2.75, 3.05) is 18.4 Å². The number of nitrogens with zero attached hydrogens (tertiary/aromatic N) is 3. The van der Waals surface area contributed by atoms with E-state index in [0.29, 0.717) is 6.54 Å². The van der Waals surface area contributed by atoms with Gasteiger partial charge in [-0.25, -0.2) is 0 Å². The lowest BCUT2D eigenvalue weighted by molar-refractivity contribution is 0.315. The van der Waals surface area contributed by atoms with E-state index >= 15 is 0 Å². The maximum Gasteiger partial charge on any atom is 0.170 e. The fourth-order valence-corrected chi connectivity index (χ4v) is 5.28. The van der Waals surface area contributed by atoms with Crippen LogP contribution in [0.15, 0.2) is 83.6 Å². The van der Waals surface area contributed by atoms with Crippen LogP contribution in [0.4, 0.5) is 5.69 Å². The Bertz CT molecular complexity index is 1250. The fraction of sp³-hybridized carbons (Fsp3) is 0.286. The molecule has 0 amide bonds. The van der Waals surface area contributed by atoms with Crippen LogP contribution in [0, 0.1) is 13.8 Å². The molecule has 7 heteroatoms. The highest BCUT2D eigenvalue weighted by atomic mass is 32.1. The van der Waals surface area contributed by atoms with Gasteiger partial charge in [0.15, 0.2) is 5.11 Å². The quantitative estimate of drug-likeness (QED) is 0.237. The maximum absolute atomic E-state index is 5.86. The number of rotatable bonds is 9. The zero-order valence-corrected chi connectivity index (χ0v) is 21.0.